The Morgan fingerprint density at radius 1 is 0.722 bits per heavy atom. The Labute approximate surface area is 210 Å². The second-order valence-corrected chi connectivity index (χ2v) is 9.54. The van der Waals surface area contributed by atoms with Crippen LogP contribution in [0.5, 0.6) is 11.5 Å². The molecule has 0 spiro atoms. The molecule has 184 valence electrons. The van der Waals surface area contributed by atoms with Crippen LogP contribution in [0.1, 0.15) is 36.1 Å². The van der Waals surface area contributed by atoms with Gasteiger partial charge in [-0.3, -0.25) is 0 Å². The van der Waals surface area contributed by atoms with Crippen LogP contribution in [0.25, 0.3) is 34.2 Å². The molecule has 4 aromatic rings. The summed E-state index contributed by atoms with van der Waals surface area (Å²) in [5.41, 5.74) is 5.01. The van der Waals surface area contributed by atoms with Crippen LogP contribution in [0.2, 0.25) is 0 Å². The predicted octanol–water partition coefficient (Wildman–Crippen LogP) is 6.05. The van der Waals surface area contributed by atoms with E-state index in [9.17, 15) is 15.0 Å². The molecular weight excluding hydrogens is 454 g/mol. The van der Waals surface area contributed by atoms with Gasteiger partial charge in [-0.05, 0) is 64.8 Å². The number of carboxylic acids is 1. The summed E-state index contributed by atoms with van der Waals surface area (Å²) in [4.78, 5) is 25.7. The third kappa shape index (κ3) is 5.05. The summed E-state index contributed by atoms with van der Waals surface area (Å²) in [5.74, 6) is 0.287. The number of aromatic hydroxyl groups is 1. The van der Waals surface area contributed by atoms with Crippen molar-refractivity contribution in [3.63, 3.8) is 0 Å². The van der Waals surface area contributed by atoms with Crippen LogP contribution in [0.15, 0.2) is 54.6 Å². The lowest BCUT2D eigenvalue weighted by Crippen LogP contribution is -2.37. The van der Waals surface area contributed by atoms with Crippen molar-refractivity contribution in [2.24, 2.45) is 0 Å². The molecule has 4 rings (SSSR count). The predicted molar refractivity (Wildman–Crippen MR) is 139 cm³/mol. The van der Waals surface area contributed by atoms with E-state index in [-0.39, 0.29) is 11.5 Å². The van der Waals surface area contributed by atoms with E-state index in [1.807, 2.05) is 52.0 Å². The molecule has 0 aliphatic heterocycles. The van der Waals surface area contributed by atoms with Gasteiger partial charge in [-0.15, -0.1) is 0 Å². The fourth-order valence-electron chi connectivity index (χ4n) is 3.97. The molecule has 0 bridgehead atoms. The van der Waals surface area contributed by atoms with Gasteiger partial charge in [-0.1, -0.05) is 47.5 Å². The molecule has 7 nitrogen and oxygen atoms in total. The van der Waals surface area contributed by atoms with Crippen LogP contribution in [0.3, 0.4) is 0 Å². The zero-order chi connectivity index (χ0) is 26.2. The molecule has 1 aromatic heterocycles. The SMILES string of the molecule is Cc1ccc(-c2nc(-c3ccc(C)cc3C)nc(-c3ccc(OC(C)(C)C(=O)O)cc3O)n2)c(C)c1. The number of hydrogen-bond acceptors (Lipinski definition) is 6. The monoisotopic (exact) mass is 483 g/mol. The van der Waals surface area contributed by atoms with Gasteiger partial charge in [-0.25, -0.2) is 19.7 Å². The molecule has 0 saturated heterocycles. The van der Waals surface area contributed by atoms with E-state index in [0.29, 0.717) is 23.0 Å². The third-order valence-corrected chi connectivity index (χ3v) is 5.98. The van der Waals surface area contributed by atoms with Gasteiger partial charge in [0.15, 0.2) is 23.1 Å². The first-order chi connectivity index (χ1) is 16.9. The molecule has 36 heavy (non-hydrogen) atoms. The number of ether oxygens (including phenoxy) is 1. The molecule has 1 heterocycles. The smallest absolute Gasteiger partial charge is 0.347 e. The number of phenols is 1. The molecule has 0 fully saturated rings. The quantitative estimate of drug-likeness (QED) is 0.344. The van der Waals surface area contributed by atoms with Gasteiger partial charge >= 0.3 is 5.97 Å². The minimum absolute atomic E-state index is 0.127. The highest BCUT2D eigenvalue weighted by Gasteiger charge is 2.29. The average Bonchev–Trinajstić information content (AvgIpc) is 2.78. The number of carboxylic acid groups (broad SMARTS) is 1. The Kier molecular flexibility index (Phi) is 6.50. The number of benzene rings is 3. The molecule has 0 aliphatic carbocycles. The Bertz CT molecular complexity index is 1410. The number of rotatable bonds is 6. The lowest BCUT2D eigenvalue weighted by atomic mass is 10.0. The van der Waals surface area contributed by atoms with Crippen molar-refractivity contribution in [3.8, 4) is 45.7 Å². The van der Waals surface area contributed by atoms with Gasteiger partial charge in [0.2, 0.25) is 0 Å². The van der Waals surface area contributed by atoms with E-state index in [1.165, 1.54) is 19.9 Å². The second kappa shape index (κ2) is 9.41. The van der Waals surface area contributed by atoms with Crippen molar-refractivity contribution < 1.29 is 19.7 Å². The Morgan fingerprint density at radius 3 is 1.58 bits per heavy atom. The van der Waals surface area contributed by atoms with Crippen LogP contribution in [0.4, 0.5) is 0 Å². The second-order valence-electron chi connectivity index (χ2n) is 9.54. The minimum Gasteiger partial charge on any atom is -0.507 e. The van der Waals surface area contributed by atoms with Gasteiger partial charge in [0.05, 0.1) is 5.56 Å². The van der Waals surface area contributed by atoms with E-state index in [0.717, 1.165) is 33.4 Å². The Morgan fingerprint density at radius 2 is 1.17 bits per heavy atom. The van der Waals surface area contributed by atoms with Crippen LogP contribution in [-0.4, -0.2) is 36.7 Å². The van der Waals surface area contributed by atoms with Crippen molar-refractivity contribution in [2.75, 3.05) is 0 Å². The summed E-state index contributed by atoms with van der Waals surface area (Å²) in [5, 5.41) is 20.2. The van der Waals surface area contributed by atoms with Gasteiger partial charge in [-0.2, -0.15) is 0 Å². The first-order valence-corrected chi connectivity index (χ1v) is 11.6. The Balaban J connectivity index is 1.87. The molecule has 0 amide bonds. The lowest BCUT2D eigenvalue weighted by Gasteiger charge is -2.21. The van der Waals surface area contributed by atoms with Crippen molar-refractivity contribution >= 4 is 5.97 Å². The molecule has 0 atom stereocenters. The summed E-state index contributed by atoms with van der Waals surface area (Å²) in [7, 11) is 0. The van der Waals surface area contributed by atoms with Crippen molar-refractivity contribution in [2.45, 2.75) is 47.1 Å². The zero-order valence-corrected chi connectivity index (χ0v) is 21.2. The normalized spacial score (nSPS) is 11.4. The maximum atomic E-state index is 11.4. The van der Waals surface area contributed by atoms with Crippen molar-refractivity contribution in [1.82, 2.24) is 15.0 Å². The number of phenolic OH excluding ortho intramolecular Hbond substituents is 1. The molecule has 0 aliphatic rings. The summed E-state index contributed by atoms with van der Waals surface area (Å²) in [6, 6.07) is 16.7. The molecule has 3 aromatic carbocycles. The number of aliphatic carboxylic acids is 1. The largest absolute Gasteiger partial charge is 0.507 e. The van der Waals surface area contributed by atoms with Crippen LogP contribution >= 0.6 is 0 Å². The highest BCUT2D eigenvalue weighted by atomic mass is 16.5. The number of carbonyl (C=O) groups is 1. The van der Waals surface area contributed by atoms with E-state index in [2.05, 4.69) is 12.1 Å². The maximum absolute atomic E-state index is 11.4. The van der Waals surface area contributed by atoms with Gasteiger partial charge < -0.3 is 14.9 Å². The zero-order valence-electron chi connectivity index (χ0n) is 21.2. The van der Waals surface area contributed by atoms with Crippen LogP contribution < -0.4 is 4.74 Å². The Hall–Kier alpha value is -4.26. The van der Waals surface area contributed by atoms with Gasteiger partial charge in [0.25, 0.3) is 0 Å². The van der Waals surface area contributed by atoms with E-state index in [1.54, 1.807) is 12.1 Å². The van der Waals surface area contributed by atoms with Crippen molar-refractivity contribution in [1.29, 1.82) is 0 Å². The molecule has 2 N–H and O–H groups in total. The highest BCUT2D eigenvalue weighted by molar-refractivity contribution is 5.77. The fourth-order valence-corrected chi connectivity index (χ4v) is 3.97. The molecule has 0 unspecified atom stereocenters. The number of nitrogens with zero attached hydrogens (tertiary/aromatic N) is 3. The van der Waals surface area contributed by atoms with E-state index in [4.69, 9.17) is 19.7 Å². The fraction of sp³-hybridized carbons (Fsp3) is 0.241. The van der Waals surface area contributed by atoms with Crippen LogP contribution in [0, 0.1) is 27.7 Å². The van der Waals surface area contributed by atoms with Gasteiger partial charge in [0.1, 0.15) is 11.5 Å². The van der Waals surface area contributed by atoms with Gasteiger partial charge in [0, 0.05) is 17.2 Å². The number of hydrogen-bond donors (Lipinski definition) is 2. The first-order valence-electron chi connectivity index (χ1n) is 11.6. The minimum atomic E-state index is -1.45. The number of aromatic nitrogens is 3. The maximum Gasteiger partial charge on any atom is 0.347 e. The molecule has 7 heteroatoms. The van der Waals surface area contributed by atoms with Crippen LogP contribution in [-0.2, 0) is 4.79 Å². The molecule has 0 radical (unpaired) electrons. The summed E-state index contributed by atoms with van der Waals surface area (Å²) in [6.07, 6.45) is 0. The topological polar surface area (TPSA) is 105 Å². The third-order valence-electron chi connectivity index (χ3n) is 5.98. The lowest BCUT2D eigenvalue weighted by molar-refractivity contribution is -0.152. The summed E-state index contributed by atoms with van der Waals surface area (Å²) in [6.45, 7) is 11.0. The van der Waals surface area contributed by atoms with E-state index >= 15 is 0 Å². The molecule has 0 saturated carbocycles. The van der Waals surface area contributed by atoms with E-state index < -0.39 is 11.6 Å². The standard InChI is InChI=1S/C29H29N3O4/c1-16-7-10-21(18(3)13-16)25-30-26(22-11-8-17(2)14-19(22)4)32-27(31-25)23-12-9-20(15-24(23)33)36-29(5,6)28(34)35/h7-15,33H,1-6H3,(H,34,35). The van der Waals surface area contributed by atoms with Crippen molar-refractivity contribution in [3.05, 3.63) is 76.9 Å². The molecular formula is C29H29N3O4. The summed E-state index contributed by atoms with van der Waals surface area (Å²) >= 11 is 0. The summed E-state index contributed by atoms with van der Waals surface area (Å²) < 4.78 is 5.56. The number of aryl methyl sites for hydroxylation is 4. The highest BCUT2D eigenvalue weighted by Crippen LogP contribution is 2.34. The first kappa shape index (κ1) is 24.9. The average molecular weight is 484 g/mol.